The molecule has 0 spiro atoms. The van der Waals surface area contributed by atoms with E-state index in [2.05, 4.69) is 12.1 Å². The van der Waals surface area contributed by atoms with Crippen molar-refractivity contribution in [1.82, 2.24) is 0 Å². The van der Waals surface area contributed by atoms with Gasteiger partial charge < -0.3 is 4.90 Å². The number of nitrogens with zero attached hydrogens (tertiary/aromatic N) is 3. The second kappa shape index (κ2) is 5.39. The van der Waals surface area contributed by atoms with Crippen molar-refractivity contribution < 1.29 is 0 Å². The minimum absolute atomic E-state index is 0.367. The van der Waals surface area contributed by atoms with Gasteiger partial charge in [0.25, 0.3) is 0 Å². The monoisotopic (exact) mass is 233 g/mol. The lowest BCUT2D eigenvalue weighted by Crippen LogP contribution is -2.38. The van der Waals surface area contributed by atoms with E-state index in [0.29, 0.717) is 5.02 Å². The molecule has 0 N–H and O–H groups in total. The highest BCUT2D eigenvalue weighted by molar-refractivity contribution is 6.30. The largest absolute Gasteiger partial charge is 0.340 e. The van der Waals surface area contributed by atoms with Gasteiger partial charge in [-0.2, -0.15) is 10.5 Å². The van der Waals surface area contributed by atoms with E-state index in [4.69, 9.17) is 22.1 Å². The first-order chi connectivity index (χ1) is 7.60. The summed E-state index contributed by atoms with van der Waals surface area (Å²) in [6.07, 6.45) is 0. The molecule has 1 aromatic rings. The Bertz CT molecular complexity index is 424. The van der Waals surface area contributed by atoms with Crippen LogP contribution >= 0.6 is 11.6 Å². The van der Waals surface area contributed by atoms with Crippen LogP contribution in [0.1, 0.15) is 13.8 Å². The Morgan fingerprint density at radius 3 is 2.19 bits per heavy atom. The Kier molecular flexibility index (Phi) is 4.17. The van der Waals surface area contributed by atoms with Crippen LogP contribution in [0.3, 0.4) is 0 Å². The molecule has 0 aromatic heterocycles. The van der Waals surface area contributed by atoms with Crippen molar-refractivity contribution in [2.75, 3.05) is 4.90 Å². The van der Waals surface area contributed by atoms with Crippen LogP contribution in [0.15, 0.2) is 24.3 Å². The van der Waals surface area contributed by atoms with Gasteiger partial charge in [0.05, 0.1) is 12.1 Å². The number of hydrogen-bond acceptors (Lipinski definition) is 3. The van der Waals surface area contributed by atoms with E-state index < -0.39 is 0 Å². The third kappa shape index (κ3) is 2.66. The van der Waals surface area contributed by atoms with E-state index in [0.717, 1.165) is 5.69 Å². The third-order valence-corrected chi connectivity index (χ3v) is 2.55. The van der Waals surface area contributed by atoms with Gasteiger partial charge in [0.2, 0.25) is 0 Å². The Balaban J connectivity index is 3.13. The Labute approximate surface area is 100 Å². The molecular formula is C12H12ClN3. The molecule has 0 aliphatic heterocycles. The van der Waals surface area contributed by atoms with Gasteiger partial charge in [0.15, 0.2) is 0 Å². The van der Waals surface area contributed by atoms with Crippen molar-refractivity contribution in [2.45, 2.75) is 25.9 Å². The first kappa shape index (κ1) is 12.4. The summed E-state index contributed by atoms with van der Waals surface area (Å²) in [6.45, 7) is 3.52. The summed E-state index contributed by atoms with van der Waals surface area (Å²) >= 11 is 5.89. The number of hydrogen-bond donors (Lipinski definition) is 0. The highest BCUT2D eigenvalue weighted by Gasteiger charge is 2.20. The predicted molar refractivity (Wildman–Crippen MR) is 64.1 cm³/mol. The second-order valence-corrected chi connectivity index (χ2v) is 3.93. The quantitative estimate of drug-likeness (QED) is 0.807. The molecule has 82 valence electrons. The minimum atomic E-state index is -0.367. The maximum atomic E-state index is 8.95. The zero-order valence-electron chi connectivity index (χ0n) is 9.18. The number of rotatable bonds is 3. The summed E-state index contributed by atoms with van der Waals surface area (Å²) in [5.74, 6) is 0. The lowest BCUT2D eigenvalue weighted by molar-refractivity contribution is 0.697. The highest BCUT2D eigenvalue weighted by Crippen LogP contribution is 2.23. The second-order valence-electron chi connectivity index (χ2n) is 3.50. The summed E-state index contributed by atoms with van der Waals surface area (Å²) in [5.41, 5.74) is 0.788. The lowest BCUT2D eigenvalue weighted by atomic mass is 10.2. The fourth-order valence-electron chi connectivity index (χ4n) is 1.54. The van der Waals surface area contributed by atoms with Crippen molar-refractivity contribution in [3.05, 3.63) is 29.3 Å². The number of halogens is 1. The van der Waals surface area contributed by atoms with Crippen molar-refractivity contribution in [1.29, 1.82) is 10.5 Å². The molecule has 0 aliphatic carbocycles. The third-order valence-electron chi connectivity index (χ3n) is 2.31. The number of anilines is 1. The van der Waals surface area contributed by atoms with Crippen molar-refractivity contribution in [3.63, 3.8) is 0 Å². The van der Waals surface area contributed by atoms with Crippen LogP contribution in [0.2, 0.25) is 5.02 Å². The van der Waals surface area contributed by atoms with Gasteiger partial charge in [-0.15, -0.1) is 0 Å². The molecule has 0 heterocycles. The van der Waals surface area contributed by atoms with Crippen molar-refractivity contribution >= 4 is 17.3 Å². The topological polar surface area (TPSA) is 50.8 Å². The van der Waals surface area contributed by atoms with Gasteiger partial charge in [-0.25, -0.2) is 0 Å². The van der Waals surface area contributed by atoms with Crippen molar-refractivity contribution in [3.8, 4) is 12.1 Å². The van der Waals surface area contributed by atoms with Crippen LogP contribution in [0, 0.1) is 22.7 Å². The fraction of sp³-hybridized carbons (Fsp3) is 0.333. The zero-order chi connectivity index (χ0) is 12.1. The summed E-state index contributed by atoms with van der Waals surface area (Å²) in [6, 6.07) is 10.7. The van der Waals surface area contributed by atoms with Crippen LogP contribution in [-0.4, -0.2) is 12.1 Å². The van der Waals surface area contributed by atoms with E-state index in [1.807, 2.05) is 6.07 Å². The molecule has 0 saturated carbocycles. The van der Waals surface area contributed by atoms with E-state index in [1.54, 1.807) is 36.9 Å². The van der Waals surface area contributed by atoms with Gasteiger partial charge in [0, 0.05) is 10.7 Å². The fourth-order valence-corrected chi connectivity index (χ4v) is 1.73. The number of benzene rings is 1. The Morgan fingerprint density at radius 1 is 1.19 bits per heavy atom. The van der Waals surface area contributed by atoms with E-state index in [-0.39, 0.29) is 12.1 Å². The smallest absolute Gasteiger partial charge is 0.115 e. The van der Waals surface area contributed by atoms with E-state index in [1.165, 1.54) is 0 Å². The molecule has 1 rings (SSSR count). The summed E-state index contributed by atoms with van der Waals surface area (Å²) in [7, 11) is 0. The molecule has 0 fully saturated rings. The minimum Gasteiger partial charge on any atom is -0.340 e. The summed E-state index contributed by atoms with van der Waals surface area (Å²) in [4.78, 5) is 1.74. The SMILES string of the molecule is CC(C#N)N(c1cccc(Cl)c1)C(C)C#N. The van der Waals surface area contributed by atoms with Gasteiger partial charge >= 0.3 is 0 Å². The summed E-state index contributed by atoms with van der Waals surface area (Å²) < 4.78 is 0. The average molecular weight is 234 g/mol. The first-order valence-electron chi connectivity index (χ1n) is 4.93. The molecule has 0 saturated heterocycles. The molecule has 0 amide bonds. The predicted octanol–water partition coefficient (Wildman–Crippen LogP) is 2.97. The molecule has 4 heteroatoms. The zero-order valence-corrected chi connectivity index (χ0v) is 9.94. The maximum absolute atomic E-state index is 8.95. The van der Waals surface area contributed by atoms with E-state index >= 15 is 0 Å². The van der Waals surface area contributed by atoms with Crippen LogP contribution in [0.4, 0.5) is 5.69 Å². The Morgan fingerprint density at radius 2 is 1.75 bits per heavy atom. The molecule has 0 bridgehead atoms. The molecule has 16 heavy (non-hydrogen) atoms. The molecule has 3 nitrogen and oxygen atoms in total. The molecule has 2 unspecified atom stereocenters. The van der Waals surface area contributed by atoms with Crippen LogP contribution in [0.5, 0.6) is 0 Å². The normalized spacial score (nSPS) is 13.3. The standard InChI is InChI=1S/C12H12ClN3/c1-9(7-14)16(10(2)8-15)12-5-3-4-11(13)6-12/h3-6,9-10H,1-2H3. The van der Waals surface area contributed by atoms with E-state index in [9.17, 15) is 0 Å². The maximum Gasteiger partial charge on any atom is 0.115 e. The average Bonchev–Trinajstić information content (AvgIpc) is 2.29. The number of nitriles is 2. The highest BCUT2D eigenvalue weighted by atomic mass is 35.5. The molecule has 1 aromatic carbocycles. The first-order valence-corrected chi connectivity index (χ1v) is 5.31. The van der Waals surface area contributed by atoms with Crippen LogP contribution in [0.25, 0.3) is 0 Å². The van der Waals surface area contributed by atoms with Gasteiger partial charge in [-0.1, -0.05) is 17.7 Å². The molecule has 2 atom stereocenters. The molecule has 0 aliphatic rings. The van der Waals surface area contributed by atoms with Gasteiger partial charge in [-0.05, 0) is 32.0 Å². The van der Waals surface area contributed by atoms with Gasteiger partial charge in [0.1, 0.15) is 12.1 Å². The Hall–Kier alpha value is -1.71. The van der Waals surface area contributed by atoms with Crippen LogP contribution in [-0.2, 0) is 0 Å². The molecule has 0 radical (unpaired) electrons. The summed E-state index contributed by atoms with van der Waals surface area (Å²) in [5, 5.41) is 18.5. The van der Waals surface area contributed by atoms with Crippen molar-refractivity contribution in [2.24, 2.45) is 0 Å². The molecular weight excluding hydrogens is 222 g/mol. The lowest BCUT2D eigenvalue weighted by Gasteiger charge is -2.29. The van der Waals surface area contributed by atoms with Crippen LogP contribution < -0.4 is 4.90 Å². The van der Waals surface area contributed by atoms with Gasteiger partial charge in [-0.3, -0.25) is 0 Å².